The molecule has 0 saturated carbocycles. The van der Waals surface area contributed by atoms with Gasteiger partial charge in [0.2, 0.25) is 0 Å². The standard InChI is InChI=1S/C22H27N5O3/c1-15-12-16(2)25-20(24-15)29-19-13-17(14-23)6-7-18(19)26-8-10-27(11-9-26)21(28)30-22(3,4)5/h6-7,12-13H,8-11H2,1-5H3. The monoisotopic (exact) mass is 409 g/mol. The van der Waals surface area contributed by atoms with Crippen LogP contribution in [-0.4, -0.2) is 52.7 Å². The number of hydrogen-bond donors (Lipinski definition) is 0. The summed E-state index contributed by atoms with van der Waals surface area (Å²) < 4.78 is 11.5. The lowest BCUT2D eigenvalue weighted by atomic mass is 10.1. The number of benzene rings is 1. The molecule has 30 heavy (non-hydrogen) atoms. The van der Waals surface area contributed by atoms with Crippen molar-refractivity contribution in [3.8, 4) is 17.8 Å². The average Bonchev–Trinajstić information content (AvgIpc) is 2.66. The molecule has 2 aromatic rings. The maximum atomic E-state index is 12.3. The third kappa shape index (κ3) is 5.38. The molecule has 0 bridgehead atoms. The van der Waals surface area contributed by atoms with E-state index in [0.717, 1.165) is 17.1 Å². The van der Waals surface area contributed by atoms with Gasteiger partial charge in [-0.05, 0) is 52.8 Å². The lowest BCUT2D eigenvalue weighted by Crippen LogP contribution is -2.50. The molecular formula is C22H27N5O3. The van der Waals surface area contributed by atoms with Gasteiger partial charge in [-0.2, -0.15) is 5.26 Å². The third-order valence-corrected chi connectivity index (χ3v) is 4.52. The maximum Gasteiger partial charge on any atom is 0.410 e. The Morgan fingerprint density at radius 1 is 1.07 bits per heavy atom. The molecule has 1 aliphatic heterocycles. The van der Waals surface area contributed by atoms with Crippen LogP contribution in [0.4, 0.5) is 10.5 Å². The molecule has 1 amide bonds. The molecule has 0 atom stereocenters. The van der Waals surface area contributed by atoms with E-state index in [9.17, 15) is 10.1 Å². The summed E-state index contributed by atoms with van der Waals surface area (Å²) in [5.74, 6) is 0.518. The Bertz CT molecular complexity index is 949. The summed E-state index contributed by atoms with van der Waals surface area (Å²) >= 11 is 0. The van der Waals surface area contributed by atoms with E-state index in [2.05, 4.69) is 20.9 Å². The first kappa shape index (κ1) is 21.4. The highest BCUT2D eigenvalue weighted by atomic mass is 16.6. The fourth-order valence-corrected chi connectivity index (χ4v) is 3.22. The molecule has 0 spiro atoms. The summed E-state index contributed by atoms with van der Waals surface area (Å²) in [6.07, 6.45) is -0.304. The number of hydrogen-bond acceptors (Lipinski definition) is 7. The van der Waals surface area contributed by atoms with Crippen molar-refractivity contribution in [1.29, 1.82) is 5.26 Å². The van der Waals surface area contributed by atoms with Crippen LogP contribution in [0.5, 0.6) is 11.8 Å². The van der Waals surface area contributed by atoms with Crippen LogP contribution in [0.1, 0.15) is 37.7 Å². The first-order valence-corrected chi connectivity index (χ1v) is 9.92. The second-order valence-corrected chi connectivity index (χ2v) is 8.28. The summed E-state index contributed by atoms with van der Waals surface area (Å²) in [4.78, 5) is 24.8. The van der Waals surface area contributed by atoms with Crippen LogP contribution >= 0.6 is 0 Å². The number of aromatic nitrogens is 2. The number of carbonyl (C=O) groups is 1. The van der Waals surface area contributed by atoms with Gasteiger partial charge in [0.05, 0.1) is 17.3 Å². The van der Waals surface area contributed by atoms with E-state index in [0.29, 0.717) is 37.5 Å². The van der Waals surface area contributed by atoms with Crippen molar-refractivity contribution in [1.82, 2.24) is 14.9 Å². The number of piperazine rings is 1. The van der Waals surface area contributed by atoms with Crippen LogP contribution in [0.15, 0.2) is 24.3 Å². The predicted octanol–water partition coefficient (Wildman–Crippen LogP) is 3.81. The van der Waals surface area contributed by atoms with Crippen LogP contribution in [0.3, 0.4) is 0 Å². The van der Waals surface area contributed by atoms with Crippen molar-refractivity contribution in [2.24, 2.45) is 0 Å². The van der Waals surface area contributed by atoms with Gasteiger partial charge in [0, 0.05) is 43.6 Å². The van der Waals surface area contributed by atoms with Gasteiger partial charge >= 0.3 is 12.1 Å². The minimum Gasteiger partial charge on any atom is -0.444 e. The summed E-state index contributed by atoms with van der Waals surface area (Å²) in [7, 11) is 0. The van der Waals surface area contributed by atoms with E-state index in [1.165, 1.54) is 0 Å². The van der Waals surface area contributed by atoms with E-state index in [1.807, 2.05) is 46.8 Å². The summed E-state index contributed by atoms with van der Waals surface area (Å²) in [6.45, 7) is 11.6. The molecule has 1 aromatic carbocycles. The summed E-state index contributed by atoms with van der Waals surface area (Å²) in [5, 5.41) is 9.30. The molecule has 1 aliphatic rings. The zero-order valence-electron chi connectivity index (χ0n) is 18.1. The normalized spacial score (nSPS) is 14.3. The number of amides is 1. The molecule has 1 aromatic heterocycles. The topological polar surface area (TPSA) is 91.6 Å². The zero-order valence-corrected chi connectivity index (χ0v) is 18.1. The van der Waals surface area contributed by atoms with E-state index < -0.39 is 5.60 Å². The molecule has 3 rings (SSSR count). The minimum atomic E-state index is -0.520. The Morgan fingerprint density at radius 3 is 2.27 bits per heavy atom. The second-order valence-electron chi connectivity index (χ2n) is 8.28. The first-order valence-electron chi connectivity index (χ1n) is 9.92. The van der Waals surface area contributed by atoms with Gasteiger partial charge in [0.1, 0.15) is 5.60 Å². The smallest absolute Gasteiger partial charge is 0.410 e. The van der Waals surface area contributed by atoms with Gasteiger partial charge in [0.25, 0.3) is 0 Å². The molecule has 0 aliphatic carbocycles. The maximum absolute atomic E-state index is 12.3. The summed E-state index contributed by atoms with van der Waals surface area (Å²) in [5.41, 5.74) is 2.42. The van der Waals surface area contributed by atoms with Gasteiger partial charge in [0.15, 0.2) is 5.75 Å². The van der Waals surface area contributed by atoms with Gasteiger partial charge in [-0.1, -0.05) is 0 Å². The fourth-order valence-electron chi connectivity index (χ4n) is 3.22. The van der Waals surface area contributed by atoms with E-state index in [4.69, 9.17) is 9.47 Å². The fraction of sp³-hybridized carbons (Fsp3) is 0.455. The molecule has 158 valence electrons. The van der Waals surface area contributed by atoms with Crippen LogP contribution in [0.2, 0.25) is 0 Å². The van der Waals surface area contributed by atoms with Crippen LogP contribution in [0, 0.1) is 25.2 Å². The number of carbonyl (C=O) groups excluding carboxylic acids is 1. The Hall–Kier alpha value is -3.34. The highest BCUT2D eigenvalue weighted by molar-refractivity contribution is 5.69. The molecule has 0 N–H and O–H groups in total. The number of nitriles is 1. The molecule has 8 nitrogen and oxygen atoms in total. The number of rotatable bonds is 3. The van der Waals surface area contributed by atoms with E-state index in [-0.39, 0.29) is 12.1 Å². The molecule has 2 heterocycles. The SMILES string of the molecule is Cc1cc(C)nc(Oc2cc(C#N)ccc2N2CCN(C(=O)OC(C)(C)C)CC2)n1. The molecule has 0 radical (unpaired) electrons. The van der Waals surface area contributed by atoms with Crippen LogP contribution < -0.4 is 9.64 Å². The number of aryl methyl sites for hydroxylation is 2. The van der Waals surface area contributed by atoms with Gasteiger partial charge in [-0.25, -0.2) is 14.8 Å². The highest BCUT2D eigenvalue weighted by Gasteiger charge is 2.27. The van der Waals surface area contributed by atoms with Crippen LogP contribution in [0.25, 0.3) is 0 Å². The largest absolute Gasteiger partial charge is 0.444 e. The molecular weight excluding hydrogens is 382 g/mol. The zero-order chi connectivity index (χ0) is 21.9. The predicted molar refractivity (Wildman–Crippen MR) is 113 cm³/mol. The first-order chi connectivity index (χ1) is 14.1. The lowest BCUT2D eigenvalue weighted by molar-refractivity contribution is 0.0240. The Morgan fingerprint density at radius 2 is 1.70 bits per heavy atom. The van der Waals surface area contributed by atoms with Gasteiger partial charge in [-0.3, -0.25) is 0 Å². The number of anilines is 1. The molecule has 1 fully saturated rings. The third-order valence-electron chi connectivity index (χ3n) is 4.52. The second kappa shape index (κ2) is 8.57. The van der Waals surface area contributed by atoms with E-state index >= 15 is 0 Å². The van der Waals surface area contributed by atoms with Crippen molar-refractivity contribution >= 4 is 11.8 Å². The Balaban J connectivity index is 1.78. The van der Waals surface area contributed by atoms with Crippen molar-refractivity contribution in [3.05, 3.63) is 41.2 Å². The van der Waals surface area contributed by atoms with Crippen molar-refractivity contribution in [3.63, 3.8) is 0 Å². The minimum absolute atomic E-state index is 0.247. The van der Waals surface area contributed by atoms with E-state index in [1.54, 1.807) is 17.0 Å². The Labute approximate surface area is 177 Å². The van der Waals surface area contributed by atoms with Gasteiger partial charge < -0.3 is 19.3 Å². The van der Waals surface area contributed by atoms with Crippen molar-refractivity contribution < 1.29 is 14.3 Å². The average molecular weight is 409 g/mol. The van der Waals surface area contributed by atoms with Gasteiger partial charge in [-0.15, -0.1) is 0 Å². The van der Waals surface area contributed by atoms with Crippen molar-refractivity contribution in [2.45, 2.75) is 40.2 Å². The molecule has 0 unspecified atom stereocenters. The number of ether oxygens (including phenoxy) is 2. The van der Waals surface area contributed by atoms with Crippen LogP contribution in [-0.2, 0) is 4.74 Å². The molecule has 8 heteroatoms. The van der Waals surface area contributed by atoms with Crippen molar-refractivity contribution in [2.75, 3.05) is 31.1 Å². The Kier molecular flexibility index (Phi) is 6.11. The highest BCUT2D eigenvalue weighted by Crippen LogP contribution is 2.33. The lowest BCUT2D eigenvalue weighted by Gasteiger charge is -2.37. The quantitative estimate of drug-likeness (QED) is 0.761. The molecule has 1 saturated heterocycles. The number of nitrogens with zero attached hydrogens (tertiary/aromatic N) is 5. The summed E-state index contributed by atoms with van der Waals surface area (Å²) in [6, 6.07) is 9.56.